The van der Waals surface area contributed by atoms with Crippen molar-refractivity contribution in [3.05, 3.63) is 53.6 Å². The van der Waals surface area contributed by atoms with Crippen LogP contribution < -0.4 is 0 Å². The number of fused-ring (bicyclic) bond motifs is 1. The first-order valence-corrected chi connectivity index (χ1v) is 13.0. The molecular weight excluding hydrogens is 452 g/mol. The van der Waals surface area contributed by atoms with E-state index in [1.165, 1.54) is 10.3 Å². The molecule has 8 nitrogen and oxygen atoms in total. The minimum atomic E-state index is -3.80. The Hall–Kier alpha value is -2.94. The lowest BCUT2D eigenvalue weighted by molar-refractivity contribution is 0.0184. The van der Waals surface area contributed by atoms with E-state index in [9.17, 15) is 13.2 Å². The highest BCUT2D eigenvalue weighted by Gasteiger charge is 2.29. The maximum atomic E-state index is 13.5. The van der Waals surface area contributed by atoms with Crippen molar-refractivity contribution >= 4 is 27.1 Å². The third-order valence-electron chi connectivity index (χ3n) is 6.17. The van der Waals surface area contributed by atoms with Crippen LogP contribution in [0.5, 0.6) is 0 Å². The second kappa shape index (κ2) is 9.02. The molecule has 0 N–H and O–H groups in total. The number of nitrogens with zero attached hydrogens (tertiary/aromatic N) is 4. The number of hydrogen-bond acceptors (Lipinski definition) is 6. The fourth-order valence-corrected chi connectivity index (χ4v) is 5.73. The number of piperidine rings is 1. The molecule has 34 heavy (non-hydrogen) atoms. The molecular formula is C25H32N4O4S. The van der Waals surface area contributed by atoms with Crippen molar-refractivity contribution in [2.24, 2.45) is 5.92 Å². The van der Waals surface area contributed by atoms with Gasteiger partial charge in [-0.2, -0.15) is 0 Å². The predicted molar refractivity (Wildman–Crippen MR) is 130 cm³/mol. The number of carbonyl (C=O) groups is 1. The van der Waals surface area contributed by atoms with Gasteiger partial charge in [-0.05, 0) is 77.5 Å². The molecule has 1 aliphatic rings. The molecule has 1 saturated heterocycles. The average Bonchev–Trinajstić information content (AvgIpc) is 3.14. The molecule has 182 valence electrons. The standard InChI is InChI=1S/C25H32N4O4S/c1-17-6-8-21(9-7-17)34(31,32)29-15-20(22-18(2)26-16-27-23(22)29)14-19-10-12-28(13-11-19)24(30)33-25(3,4)5/h6-9,15-16,19H,10-14H2,1-5H3. The Kier molecular flexibility index (Phi) is 6.42. The molecule has 3 aromatic rings. The van der Waals surface area contributed by atoms with Crippen LogP contribution in [0.4, 0.5) is 4.79 Å². The topological polar surface area (TPSA) is 94.4 Å². The first kappa shape index (κ1) is 24.2. The molecule has 0 aliphatic carbocycles. The fraction of sp³-hybridized carbons (Fsp3) is 0.480. The molecule has 1 fully saturated rings. The molecule has 0 spiro atoms. The van der Waals surface area contributed by atoms with E-state index in [-0.39, 0.29) is 11.0 Å². The molecule has 9 heteroatoms. The number of amides is 1. The monoisotopic (exact) mass is 484 g/mol. The number of aromatic nitrogens is 3. The van der Waals surface area contributed by atoms with Gasteiger partial charge < -0.3 is 9.64 Å². The minimum absolute atomic E-state index is 0.225. The molecule has 3 heterocycles. The van der Waals surface area contributed by atoms with Crippen molar-refractivity contribution < 1.29 is 17.9 Å². The summed E-state index contributed by atoms with van der Waals surface area (Å²) in [6.45, 7) is 10.6. The second-order valence-electron chi connectivity index (χ2n) is 10.0. The number of likely N-dealkylation sites (tertiary alicyclic amines) is 1. The summed E-state index contributed by atoms with van der Waals surface area (Å²) < 4.78 is 33.7. The summed E-state index contributed by atoms with van der Waals surface area (Å²) in [7, 11) is -3.80. The van der Waals surface area contributed by atoms with Gasteiger partial charge in [0, 0.05) is 24.7 Å². The zero-order valence-corrected chi connectivity index (χ0v) is 21.2. The normalized spacial score (nSPS) is 15.6. The Bertz CT molecular complexity index is 1300. The predicted octanol–water partition coefficient (Wildman–Crippen LogP) is 4.47. The van der Waals surface area contributed by atoms with Crippen LogP contribution in [0.25, 0.3) is 11.0 Å². The molecule has 0 atom stereocenters. The zero-order valence-electron chi connectivity index (χ0n) is 20.4. The molecule has 0 bridgehead atoms. The number of ether oxygens (including phenoxy) is 1. The highest BCUT2D eigenvalue weighted by Crippen LogP contribution is 2.31. The van der Waals surface area contributed by atoms with Gasteiger partial charge in [-0.25, -0.2) is 27.2 Å². The number of rotatable bonds is 4. The molecule has 1 aromatic carbocycles. The molecule has 1 amide bonds. The third-order valence-corrected chi connectivity index (χ3v) is 7.84. The molecule has 2 aromatic heterocycles. The van der Waals surface area contributed by atoms with E-state index in [4.69, 9.17) is 4.74 Å². The molecule has 4 rings (SSSR count). The number of carbonyl (C=O) groups excluding carboxylic acids is 1. The van der Waals surface area contributed by atoms with Gasteiger partial charge in [-0.1, -0.05) is 17.7 Å². The van der Waals surface area contributed by atoms with Crippen molar-refractivity contribution in [1.82, 2.24) is 18.8 Å². The lowest BCUT2D eigenvalue weighted by atomic mass is 9.90. The Morgan fingerprint density at radius 2 is 1.74 bits per heavy atom. The summed E-state index contributed by atoms with van der Waals surface area (Å²) in [6, 6.07) is 6.82. The first-order chi connectivity index (χ1) is 16.0. The maximum Gasteiger partial charge on any atom is 0.410 e. The number of benzene rings is 1. The SMILES string of the molecule is Cc1ccc(S(=O)(=O)n2cc(CC3CCN(C(=O)OC(C)(C)C)CC3)c3c(C)ncnc32)cc1. The Balaban J connectivity index is 1.59. The van der Waals surface area contributed by atoms with Gasteiger partial charge in [0.1, 0.15) is 11.9 Å². The lowest BCUT2D eigenvalue weighted by Crippen LogP contribution is -2.42. The molecule has 1 aliphatic heterocycles. The summed E-state index contributed by atoms with van der Waals surface area (Å²) in [4.78, 5) is 23.0. The van der Waals surface area contributed by atoms with Crippen LogP contribution in [0.1, 0.15) is 50.4 Å². The van der Waals surface area contributed by atoms with Crippen LogP contribution in [-0.2, 0) is 21.2 Å². The van der Waals surface area contributed by atoms with E-state index in [1.54, 1.807) is 35.4 Å². The summed E-state index contributed by atoms with van der Waals surface area (Å²) in [5, 5.41) is 0.785. The van der Waals surface area contributed by atoms with Crippen LogP contribution in [0.2, 0.25) is 0 Å². The maximum absolute atomic E-state index is 13.5. The van der Waals surface area contributed by atoms with Gasteiger partial charge in [0.25, 0.3) is 10.0 Å². The van der Waals surface area contributed by atoms with E-state index in [0.29, 0.717) is 31.1 Å². The van der Waals surface area contributed by atoms with Crippen molar-refractivity contribution in [3.63, 3.8) is 0 Å². The fourth-order valence-electron chi connectivity index (χ4n) is 4.39. The summed E-state index contributed by atoms with van der Waals surface area (Å²) in [6.07, 6.45) is 5.16. The number of aryl methyl sites for hydroxylation is 2. The Morgan fingerprint density at radius 1 is 1.09 bits per heavy atom. The Labute approximate surface area is 201 Å². The van der Waals surface area contributed by atoms with Crippen LogP contribution in [0.3, 0.4) is 0 Å². The van der Waals surface area contributed by atoms with Gasteiger partial charge in [0.2, 0.25) is 0 Å². The van der Waals surface area contributed by atoms with Crippen LogP contribution in [-0.4, -0.2) is 52.0 Å². The molecule has 0 radical (unpaired) electrons. The molecule has 0 unspecified atom stereocenters. The average molecular weight is 485 g/mol. The van der Waals surface area contributed by atoms with Crippen LogP contribution in [0.15, 0.2) is 41.7 Å². The van der Waals surface area contributed by atoms with Crippen molar-refractivity contribution in [1.29, 1.82) is 0 Å². The van der Waals surface area contributed by atoms with Crippen molar-refractivity contribution in [2.45, 2.75) is 64.4 Å². The van der Waals surface area contributed by atoms with Crippen molar-refractivity contribution in [3.8, 4) is 0 Å². The summed E-state index contributed by atoms with van der Waals surface area (Å²) in [5.41, 5.74) is 2.54. The van der Waals surface area contributed by atoms with E-state index in [0.717, 1.165) is 35.0 Å². The van der Waals surface area contributed by atoms with Gasteiger partial charge in [0.15, 0.2) is 5.65 Å². The minimum Gasteiger partial charge on any atom is -0.444 e. The number of hydrogen-bond donors (Lipinski definition) is 0. The molecule has 0 saturated carbocycles. The zero-order chi connectivity index (χ0) is 24.7. The van der Waals surface area contributed by atoms with Gasteiger partial charge in [-0.15, -0.1) is 0 Å². The highest BCUT2D eigenvalue weighted by atomic mass is 32.2. The van der Waals surface area contributed by atoms with E-state index in [2.05, 4.69) is 9.97 Å². The van der Waals surface area contributed by atoms with Crippen molar-refractivity contribution in [2.75, 3.05) is 13.1 Å². The van der Waals surface area contributed by atoms with E-state index < -0.39 is 15.6 Å². The van der Waals surface area contributed by atoms with Gasteiger partial charge in [-0.3, -0.25) is 0 Å². The summed E-state index contributed by atoms with van der Waals surface area (Å²) in [5.74, 6) is 0.319. The third kappa shape index (κ3) is 4.94. The van der Waals surface area contributed by atoms with Crippen LogP contribution in [0, 0.1) is 19.8 Å². The highest BCUT2D eigenvalue weighted by molar-refractivity contribution is 7.90. The van der Waals surface area contributed by atoms with Crippen LogP contribution >= 0.6 is 0 Å². The second-order valence-corrected chi connectivity index (χ2v) is 11.9. The van der Waals surface area contributed by atoms with E-state index in [1.807, 2.05) is 34.6 Å². The quantitative estimate of drug-likeness (QED) is 0.542. The summed E-state index contributed by atoms with van der Waals surface area (Å²) >= 11 is 0. The lowest BCUT2D eigenvalue weighted by Gasteiger charge is -2.33. The first-order valence-electron chi connectivity index (χ1n) is 11.6. The largest absolute Gasteiger partial charge is 0.444 e. The van der Waals surface area contributed by atoms with Gasteiger partial charge >= 0.3 is 6.09 Å². The van der Waals surface area contributed by atoms with E-state index >= 15 is 0 Å². The smallest absolute Gasteiger partial charge is 0.410 e. The van der Waals surface area contributed by atoms with Gasteiger partial charge in [0.05, 0.1) is 10.6 Å². The Morgan fingerprint density at radius 3 is 2.35 bits per heavy atom.